The molecular formula is C34H33F2N9O2. The summed E-state index contributed by atoms with van der Waals surface area (Å²) in [6, 6.07) is 7.11. The van der Waals surface area contributed by atoms with Gasteiger partial charge in [0.15, 0.2) is 5.65 Å². The zero-order valence-corrected chi connectivity index (χ0v) is 26.5. The van der Waals surface area contributed by atoms with Crippen molar-refractivity contribution in [1.82, 2.24) is 39.4 Å². The van der Waals surface area contributed by atoms with Crippen molar-refractivity contribution in [3.63, 3.8) is 0 Å². The van der Waals surface area contributed by atoms with E-state index in [4.69, 9.17) is 4.98 Å². The van der Waals surface area contributed by atoms with E-state index in [1.807, 2.05) is 38.7 Å². The third-order valence-corrected chi connectivity index (χ3v) is 8.98. The van der Waals surface area contributed by atoms with Crippen LogP contribution in [0.5, 0.6) is 0 Å². The second-order valence-corrected chi connectivity index (χ2v) is 12.5. The molecule has 1 fully saturated rings. The lowest BCUT2D eigenvalue weighted by Crippen LogP contribution is -2.58. The third-order valence-electron chi connectivity index (χ3n) is 8.98. The number of benzene rings is 1. The maximum atomic E-state index is 16.4. The summed E-state index contributed by atoms with van der Waals surface area (Å²) in [5.74, 6) is -1.50. The van der Waals surface area contributed by atoms with Gasteiger partial charge in [-0.2, -0.15) is 4.98 Å². The molecule has 5 aromatic rings. The largest absolute Gasteiger partial charge is 0.355 e. The number of carbonyl (C=O) groups excluding carboxylic acids is 1. The standard InChI is InChI=1S/C34H33F2N9O2/c1-6-27(46)44-19(4)15-42(16-20(44)5)32-24-13-26(36)30-28-22(8-7-9-25(28)35)17-43-23(14-38-41-43)12-21-10-11-37-29(18(2)3)31(21)45(33(24)39-30)34(47)40-32/h6-11,13-14,18-20H,1,12,15-17H2,2-5H3. The summed E-state index contributed by atoms with van der Waals surface area (Å²) in [4.78, 5) is 44.6. The molecule has 47 heavy (non-hydrogen) atoms. The number of anilines is 1. The number of aromatic nitrogens is 7. The number of piperazine rings is 1. The molecule has 1 amide bonds. The number of amides is 1. The van der Waals surface area contributed by atoms with Gasteiger partial charge < -0.3 is 9.80 Å². The predicted octanol–water partition coefficient (Wildman–Crippen LogP) is 4.40. The van der Waals surface area contributed by atoms with Crippen LogP contribution in [0.1, 0.15) is 56.1 Å². The highest BCUT2D eigenvalue weighted by Crippen LogP contribution is 2.36. The molecule has 13 heteroatoms. The van der Waals surface area contributed by atoms with Gasteiger partial charge in [-0.3, -0.25) is 9.78 Å². The number of carbonyl (C=O) groups is 1. The molecule has 0 N–H and O–H groups in total. The molecule has 2 aliphatic heterocycles. The minimum atomic E-state index is -0.773. The Morgan fingerprint density at radius 3 is 2.55 bits per heavy atom. The molecule has 0 spiro atoms. The van der Waals surface area contributed by atoms with E-state index >= 15 is 8.78 Å². The Kier molecular flexibility index (Phi) is 7.41. The van der Waals surface area contributed by atoms with Gasteiger partial charge in [-0.15, -0.1) is 5.10 Å². The second-order valence-electron chi connectivity index (χ2n) is 12.5. The van der Waals surface area contributed by atoms with Crippen LogP contribution in [-0.2, 0) is 17.8 Å². The van der Waals surface area contributed by atoms with Crippen molar-refractivity contribution in [2.45, 2.75) is 58.7 Å². The highest BCUT2D eigenvalue weighted by Gasteiger charge is 2.35. The third kappa shape index (κ3) is 4.97. The number of pyridine rings is 2. The summed E-state index contributed by atoms with van der Waals surface area (Å²) < 4.78 is 35.2. The van der Waals surface area contributed by atoms with E-state index < -0.39 is 17.3 Å². The van der Waals surface area contributed by atoms with Crippen LogP contribution in [0.25, 0.3) is 28.0 Å². The number of hydrogen-bond acceptors (Lipinski definition) is 8. The summed E-state index contributed by atoms with van der Waals surface area (Å²) in [7, 11) is 0. The average Bonchev–Trinajstić information content (AvgIpc) is 3.46. The Balaban J connectivity index is 1.57. The van der Waals surface area contributed by atoms with Crippen molar-refractivity contribution in [3.05, 3.63) is 100 Å². The highest BCUT2D eigenvalue weighted by molar-refractivity contribution is 5.91. The smallest absolute Gasteiger partial charge is 0.352 e. The molecule has 2 bridgehead atoms. The second kappa shape index (κ2) is 11.5. The summed E-state index contributed by atoms with van der Waals surface area (Å²) >= 11 is 0. The van der Waals surface area contributed by atoms with Crippen molar-refractivity contribution >= 4 is 22.8 Å². The Morgan fingerprint density at radius 2 is 1.83 bits per heavy atom. The van der Waals surface area contributed by atoms with E-state index in [-0.39, 0.29) is 58.6 Å². The van der Waals surface area contributed by atoms with Gasteiger partial charge in [0.1, 0.15) is 23.1 Å². The van der Waals surface area contributed by atoms with Crippen molar-refractivity contribution in [3.8, 4) is 16.9 Å². The minimum Gasteiger partial charge on any atom is -0.352 e. The van der Waals surface area contributed by atoms with Crippen LogP contribution in [0.4, 0.5) is 14.6 Å². The predicted molar refractivity (Wildman–Crippen MR) is 172 cm³/mol. The van der Waals surface area contributed by atoms with Crippen LogP contribution >= 0.6 is 0 Å². The first-order chi connectivity index (χ1) is 22.6. The molecule has 11 nitrogen and oxygen atoms in total. The Hall–Kier alpha value is -5.33. The van der Waals surface area contributed by atoms with Crippen LogP contribution in [0.2, 0.25) is 0 Å². The average molecular weight is 638 g/mol. The van der Waals surface area contributed by atoms with E-state index in [2.05, 4.69) is 26.9 Å². The molecule has 4 aromatic heterocycles. The molecule has 2 unspecified atom stereocenters. The first-order valence-electron chi connectivity index (χ1n) is 15.5. The summed E-state index contributed by atoms with van der Waals surface area (Å²) in [6.07, 6.45) is 4.93. The van der Waals surface area contributed by atoms with Crippen LogP contribution in [-0.4, -0.2) is 70.5 Å². The van der Waals surface area contributed by atoms with E-state index in [9.17, 15) is 9.59 Å². The van der Waals surface area contributed by atoms with Gasteiger partial charge in [-0.25, -0.2) is 27.8 Å². The van der Waals surface area contributed by atoms with E-state index in [1.165, 1.54) is 22.8 Å². The first kappa shape index (κ1) is 30.3. The summed E-state index contributed by atoms with van der Waals surface area (Å²) in [5, 5.41) is 8.64. The molecule has 2 aliphatic rings. The molecule has 1 aromatic carbocycles. The summed E-state index contributed by atoms with van der Waals surface area (Å²) in [6.45, 7) is 12.2. The highest BCUT2D eigenvalue weighted by atomic mass is 19.1. The van der Waals surface area contributed by atoms with Crippen molar-refractivity contribution < 1.29 is 13.6 Å². The van der Waals surface area contributed by atoms with Gasteiger partial charge >= 0.3 is 5.69 Å². The number of hydrogen-bond donors (Lipinski definition) is 0. The quantitative estimate of drug-likeness (QED) is 0.263. The topological polar surface area (TPSA) is 115 Å². The van der Waals surface area contributed by atoms with Gasteiger partial charge in [0, 0.05) is 43.4 Å². The number of rotatable bonds is 3. The zero-order chi connectivity index (χ0) is 33.1. The van der Waals surface area contributed by atoms with Crippen LogP contribution in [0.15, 0.2) is 60.2 Å². The van der Waals surface area contributed by atoms with E-state index in [1.54, 1.807) is 34.1 Å². The fourth-order valence-electron chi connectivity index (χ4n) is 6.97. The maximum Gasteiger partial charge on any atom is 0.355 e. The lowest BCUT2D eigenvalue weighted by atomic mass is 9.99. The SMILES string of the molecule is C=CC(=O)N1C(C)CN(c2nc(=O)n3c4nc(c(F)cc24)-c2c(F)cccc2Cn2nncc2Cc2ccnc(C(C)C)c2-3)CC1C. The van der Waals surface area contributed by atoms with Gasteiger partial charge in [0.2, 0.25) is 5.91 Å². The Morgan fingerprint density at radius 1 is 1.06 bits per heavy atom. The van der Waals surface area contributed by atoms with E-state index in [0.717, 1.165) is 5.56 Å². The van der Waals surface area contributed by atoms with E-state index in [0.29, 0.717) is 42.1 Å². The van der Waals surface area contributed by atoms with Crippen molar-refractivity contribution in [2.75, 3.05) is 18.0 Å². The minimum absolute atomic E-state index is 0.0272. The molecule has 0 saturated carbocycles. The maximum absolute atomic E-state index is 16.4. The number of fused-ring (bicyclic) bond motifs is 6. The van der Waals surface area contributed by atoms with Gasteiger partial charge in [0.05, 0.1) is 35.2 Å². The van der Waals surface area contributed by atoms with Gasteiger partial charge in [-0.1, -0.05) is 37.8 Å². The molecule has 6 heterocycles. The first-order valence-corrected chi connectivity index (χ1v) is 15.5. The monoisotopic (exact) mass is 637 g/mol. The number of halogens is 2. The molecule has 0 radical (unpaired) electrons. The molecule has 2 atom stereocenters. The normalized spacial score (nSPS) is 17.6. The number of nitrogens with zero attached hydrogens (tertiary/aromatic N) is 9. The van der Waals surface area contributed by atoms with Gasteiger partial charge in [0.25, 0.3) is 0 Å². The van der Waals surface area contributed by atoms with Crippen LogP contribution in [0, 0.1) is 11.6 Å². The lowest BCUT2D eigenvalue weighted by molar-refractivity contribution is -0.130. The van der Waals surface area contributed by atoms with Gasteiger partial charge in [-0.05, 0) is 55.2 Å². The molecule has 0 aliphatic carbocycles. The zero-order valence-electron chi connectivity index (χ0n) is 26.5. The van der Waals surface area contributed by atoms with Crippen LogP contribution < -0.4 is 10.6 Å². The summed E-state index contributed by atoms with van der Waals surface area (Å²) in [5.41, 5.74) is 2.23. The molecular weight excluding hydrogens is 604 g/mol. The molecule has 7 rings (SSSR count). The fourth-order valence-corrected chi connectivity index (χ4v) is 6.97. The van der Waals surface area contributed by atoms with Crippen LogP contribution in [0.3, 0.4) is 0 Å². The lowest BCUT2D eigenvalue weighted by Gasteiger charge is -2.44. The van der Waals surface area contributed by atoms with Crippen molar-refractivity contribution in [2.24, 2.45) is 0 Å². The Labute approximate surface area is 269 Å². The molecule has 240 valence electrons. The molecule has 1 saturated heterocycles. The van der Waals surface area contributed by atoms with Crippen molar-refractivity contribution in [1.29, 1.82) is 0 Å². The fraction of sp³-hybridized carbons (Fsp3) is 0.324. The Bertz CT molecular complexity index is 2130.